The number of hydrogen-bond donors (Lipinski definition) is 0. The van der Waals surface area contributed by atoms with Crippen LogP contribution in [0.25, 0.3) is 0 Å². The predicted octanol–water partition coefficient (Wildman–Crippen LogP) is 3.46. The van der Waals surface area contributed by atoms with Crippen LogP contribution in [0, 0.1) is 17.8 Å². The largest absolute Gasteiger partial charge is 0.293 e. The van der Waals surface area contributed by atoms with E-state index in [2.05, 4.69) is 32.2 Å². The second-order valence-electron chi connectivity index (χ2n) is 4.78. The van der Waals surface area contributed by atoms with E-state index in [1.54, 1.807) is 0 Å². The van der Waals surface area contributed by atoms with Crippen molar-refractivity contribution in [2.75, 3.05) is 0 Å². The van der Waals surface area contributed by atoms with E-state index in [0.717, 1.165) is 17.8 Å². The van der Waals surface area contributed by atoms with E-state index in [4.69, 9.17) is 4.99 Å². The molecular weight excluding hydrogens is 170 g/mol. The fraction of sp³-hybridized carbons (Fsp3) is 0.769. The van der Waals surface area contributed by atoms with Crippen LogP contribution in [0.5, 0.6) is 0 Å². The summed E-state index contributed by atoms with van der Waals surface area (Å²) >= 11 is 0. The van der Waals surface area contributed by atoms with Crippen LogP contribution >= 0.6 is 0 Å². The summed E-state index contributed by atoms with van der Waals surface area (Å²) in [6, 6.07) is 0.601. The van der Waals surface area contributed by atoms with E-state index in [0.29, 0.717) is 6.04 Å². The van der Waals surface area contributed by atoms with Gasteiger partial charge in [0.05, 0.1) is 6.04 Å². The summed E-state index contributed by atoms with van der Waals surface area (Å²) in [4.78, 5) is 4.73. The van der Waals surface area contributed by atoms with Crippen LogP contribution in [-0.2, 0) is 0 Å². The Kier molecular flexibility index (Phi) is 3.05. The van der Waals surface area contributed by atoms with Gasteiger partial charge in [-0.05, 0) is 43.2 Å². The zero-order valence-corrected chi connectivity index (χ0v) is 9.32. The fourth-order valence-electron chi connectivity index (χ4n) is 2.80. The molecule has 0 aromatic rings. The van der Waals surface area contributed by atoms with E-state index in [-0.39, 0.29) is 0 Å². The molecular formula is C13H21N. The molecule has 3 unspecified atom stereocenters. The van der Waals surface area contributed by atoms with E-state index in [1.165, 1.54) is 25.7 Å². The Balaban J connectivity index is 2.14. The maximum Gasteiger partial charge on any atom is 0.0591 e. The lowest BCUT2D eigenvalue weighted by atomic mass is 9.72. The summed E-state index contributed by atoms with van der Waals surface area (Å²) in [5.41, 5.74) is 0. The zero-order valence-electron chi connectivity index (χ0n) is 9.32. The Labute approximate surface area is 87.3 Å². The van der Waals surface area contributed by atoms with Gasteiger partial charge in [-0.15, -0.1) is 0 Å². The molecule has 4 atom stereocenters. The lowest BCUT2D eigenvalue weighted by molar-refractivity contribution is 0.235. The molecule has 1 nitrogen and oxygen atoms in total. The maximum absolute atomic E-state index is 4.73. The van der Waals surface area contributed by atoms with Crippen molar-refractivity contribution in [3.05, 3.63) is 12.2 Å². The number of hydrogen-bond acceptors (Lipinski definition) is 1. The molecule has 2 rings (SSSR count). The van der Waals surface area contributed by atoms with Gasteiger partial charge in [-0.1, -0.05) is 32.4 Å². The third-order valence-corrected chi connectivity index (χ3v) is 3.95. The standard InChI is InChI=1S/C13H21N/c1-3-10(2)12-8-4-6-11-7-5-9-14-13(11)12/h4,6,9-13H,3,5,7-8H2,1-2H3/t10-,11?,12?,13?/m1/s1. The zero-order chi connectivity index (χ0) is 9.97. The minimum Gasteiger partial charge on any atom is -0.293 e. The normalized spacial score (nSPS) is 38.0. The monoisotopic (exact) mass is 191 g/mol. The average Bonchev–Trinajstić information content (AvgIpc) is 2.27. The summed E-state index contributed by atoms with van der Waals surface area (Å²) in [5.74, 6) is 2.36. The second kappa shape index (κ2) is 4.29. The van der Waals surface area contributed by atoms with Crippen LogP contribution in [0.1, 0.15) is 39.5 Å². The van der Waals surface area contributed by atoms with Gasteiger partial charge in [-0.3, -0.25) is 4.99 Å². The summed E-state index contributed by atoms with van der Waals surface area (Å²) in [6.07, 6.45) is 12.0. The third-order valence-electron chi connectivity index (χ3n) is 3.95. The molecule has 0 amide bonds. The number of allylic oxidation sites excluding steroid dienone is 1. The molecule has 14 heavy (non-hydrogen) atoms. The Morgan fingerprint density at radius 2 is 2.36 bits per heavy atom. The van der Waals surface area contributed by atoms with Crippen LogP contribution < -0.4 is 0 Å². The molecule has 1 heteroatoms. The Morgan fingerprint density at radius 3 is 3.14 bits per heavy atom. The Hall–Kier alpha value is -0.590. The van der Waals surface area contributed by atoms with Crippen molar-refractivity contribution in [3.63, 3.8) is 0 Å². The fourth-order valence-corrected chi connectivity index (χ4v) is 2.80. The highest BCUT2D eigenvalue weighted by Gasteiger charge is 2.33. The van der Waals surface area contributed by atoms with Gasteiger partial charge in [0.25, 0.3) is 0 Å². The highest BCUT2D eigenvalue weighted by molar-refractivity contribution is 5.58. The van der Waals surface area contributed by atoms with Crippen molar-refractivity contribution >= 4 is 6.21 Å². The smallest absolute Gasteiger partial charge is 0.0591 e. The Morgan fingerprint density at radius 1 is 1.50 bits per heavy atom. The molecule has 0 saturated heterocycles. The van der Waals surface area contributed by atoms with Gasteiger partial charge < -0.3 is 0 Å². The summed E-state index contributed by atoms with van der Waals surface area (Å²) < 4.78 is 0. The SMILES string of the molecule is CC[C@@H](C)C1CC=CC2CCC=NC21. The van der Waals surface area contributed by atoms with Gasteiger partial charge >= 0.3 is 0 Å². The molecule has 0 saturated carbocycles. The quantitative estimate of drug-likeness (QED) is 0.593. The van der Waals surface area contributed by atoms with Crippen molar-refractivity contribution in [3.8, 4) is 0 Å². The van der Waals surface area contributed by atoms with Gasteiger partial charge in [0, 0.05) is 0 Å². The molecule has 1 heterocycles. The number of rotatable bonds is 2. The minimum atomic E-state index is 0.601. The molecule has 78 valence electrons. The first-order chi connectivity index (χ1) is 6.83. The number of fused-ring (bicyclic) bond motifs is 1. The van der Waals surface area contributed by atoms with Crippen LogP contribution in [0.4, 0.5) is 0 Å². The van der Waals surface area contributed by atoms with Gasteiger partial charge in [-0.25, -0.2) is 0 Å². The van der Waals surface area contributed by atoms with Gasteiger partial charge in [0.1, 0.15) is 0 Å². The molecule has 0 bridgehead atoms. The molecule has 0 aromatic heterocycles. The van der Waals surface area contributed by atoms with Crippen LogP contribution in [-0.4, -0.2) is 12.3 Å². The van der Waals surface area contributed by atoms with Crippen molar-refractivity contribution in [1.29, 1.82) is 0 Å². The average molecular weight is 191 g/mol. The lowest BCUT2D eigenvalue weighted by Gasteiger charge is -2.37. The molecule has 1 aliphatic carbocycles. The molecule has 0 radical (unpaired) electrons. The first kappa shape index (κ1) is 9.95. The first-order valence-electron chi connectivity index (χ1n) is 6.01. The van der Waals surface area contributed by atoms with Gasteiger partial charge in [0.2, 0.25) is 0 Å². The molecule has 2 aliphatic rings. The van der Waals surface area contributed by atoms with Gasteiger partial charge in [-0.2, -0.15) is 0 Å². The van der Waals surface area contributed by atoms with Crippen LogP contribution in [0.2, 0.25) is 0 Å². The van der Waals surface area contributed by atoms with Crippen LogP contribution in [0.15, 0.2) is 17.1 Å². The summed E-state index contributed by atoms with van der Waals surface area (Å²) in [7, 11) is 0. The van der Waals surface area contributed by atoms with Crippen LogP contribution in [0.3, 0.4) is 0 Å². The lowest BCUT2D eigenvalue weighted by Crippen LogP contribution is -2.35. The van der Waals surface area contributed by atoms with E-state index >= 15 is 0 Å². The summed E-state index contributed by atoms with van der Waals surface area (Å²) in [5, 5.41) is 0. The molecule has 0 spiro atoms. The minimum absolute atomic E-state index is 0.601. The van der Waals surface area contributed by atoms with Crippen molar-refractivity contribution < 1.29 is 0 Å². The molecule has 1 aliphatic heterocycles. The first-order valence-corrected chi connectivity index (χ1v) is 6.01. The van der Waals surface area contributed by atoms with E-state index < -0.39 is 0 Å². The number of nitrogens with zero attached hydrogens (tertiary/aromatic N) is 1. The Bertz CT molecular complexity index is 242. The molecule has 0 aromatic carbocycles. The van der Waals surface area contributed by atoms with Crippen molar-refractivity contribution in [1.82, 2.24) is 0 Å². The number of aliphatic imine (C=N–C) groups is 1. The summed E-state index contributed by atoms with van der Waals surface area (Å²) in [6.45, 7) is 4.68. The second-order valence-corrected chi connectivity index (χ2v) is 4.78. The maximum atomic E-state index is 4.73. The van der Waals surface area contributed by atoms with Gasteiger partial charge in [0.15, 0.2) is 0 Å². The molecule has 0 fully saturated rings. The van der Waals surface area contributed by atoms with E-state index in [9.17, 15) is 0 Å². The molecule has 0 N–H and O–H groups in total. The predicted molar refractivity (Wildman–Crippen MR) is 61.7 cm³/mol. The third kappa shape index (κ3) is 1.77. The van der Waals surface area contributed by atoms with Crippen molar-refractivity contribution in [2.45, 2.75) is 45.6 Å². The topological polar surface area (TPSA) is 12.4 Å². The van der Waals surface area contributed by atoms with E-state index in [1.807, 2.05) is 0 Å². The highest BCUT2D eigenvalue weighted by Crippen LogP contribution is 2.36. The van der Waals surface area contributed by atoms with Crippen molar-refractivity contribution in [2.24, 2.45) is 22.7 Å². The highest BCUT2D eigenvalue weighted by atomic mass is 14.8.